The summed E-state index contributed by atoms with van der Waals surface area (Å²) in [6, 6.07) is 16.5. The number of carbonyl (C=O) groups excluding carboxylic acids is 2. The van der Waals surface area contributed by atoms with E-state index in [4.69, 9.17) is 4.98 Å². The number of thioether (sulfide) groups is 1. The molecule has 1 heterocycles. The molecule has 0 saturated heterocycles. The highest BCUT2D eigenvalue weighted by Crippen LogP contribution is 2.28. The maximum Gasteiger partial charge on any atom is 0.239 e. The van der Waals surface area contributed by atoms with Gasteiger partial charge in [0.05, 0.1) is 23.3 Å². The summed E-state index contributed by atoms with van der Waals surface area (Å²) in [4.78, 5) is 30.7. The van der Waals surface area contributed by atoms with Crippen LogP contribution in [-0.2, 0) is 9.59 Å². The number of para-hydroxylation sites is 2. The second kappa shape index (κ2) is 8.29. The summed E-state index contributed by atoms with van der Waals surface area (Å²) in [5.41, 5.74) is 4.07. The fourth-order valence-electron chi connectivity index (χ4n) is 3.16. The van der Waals surface area contributed by atoms with E-state index in [0.29, 0.717) is 6.04 Å². The Morgan fingerprint density at radius 1 is 1.21 bits per heavy atom. The van der Waals surface area contributed by atoms with Gasteiger partial charge in [0.1, 0.15) is 0 Å². The zero-order valence-corrected chi connectivity index (χ0v) is 17.4. The lowest BCUT2D eigenvalue weighted by atomic mass is 10.2. The average Bonchev–Trinajstić information content (AvgIpc) is 3.42. The Morgan fingerprint density at radius 2 is 2.00 bits per heavy atom. The van der Waals surface area contributed by atoms with Gasteiger partial charge in [-0.15, -0.1) is 0 Å². The fraction of sp³-hybridized carbons (Fsp3) is 0.318. The minimum atomic E-state index is -0.0969. The Labute approximate surface area is 174 Å². The van der Waals surface area contributed by atoms with Crippen LogP contribution < -0.4 is 5.32 Å². The van der Waals surface area contributed by atoms with Crippen LogP contribution >= 0.6 is 11.8 Å². The first-order valence-electron chi connectivity index (χ1n) is 9.72. The number of aryl methyl sites for hydroxylation is 1. The SMILES string of the molecule is Cc1cccc(-n2c(SCC(=O)N(C)CC(=O)NC3CC3)nc3ccccc32)c1. The number of hydrogen-bond donors (Lipinski definition) is 1. The van der Waals surface area contributed by atoms with Crippen molar-refractivity contribution in [2.24, 2.45) is 0 Å². The molecule has 0 atom stereocenters. The fourth-order valence-corrected chi connectivity index (χ4v) is 4.13. The first-order valence-corrected chi connectivity index (χ1v) is 10.7. The minimum absolute atomic E-state index is 0.0875. The molecule has 4 rings (SSSR count). The Bertz CT molecular complexity index is 1060. The van der Waals surface area contributed by atoms with E-state index < -0.39 is 0 Å². The number of likely N-dealkylation sites (N-methyl/N-ethyl adjacent to an activating group) is 1. The van der Waals surface area contributed by atoms with Crippen molar-refractivity contribution in [2.45, 2.75) is 31.0 Å². The molecule has 6 nitrogen and oxygen atoms in total. The summed E-state index contributed by atoms with van der Waals surface area (Å²) in [5, 5.41) is 3.68. The second-order valence-corrected chi connectivity index (χ2v) is 8.38. The number of rotatable bonds is 7. The van der Waals surface area contributed by atoms with Crippen LogP contribution in [0.1, 0.15) is 18.4 Å². The molecule has 1 saturated carbocycles. The third-order valence-corrected chi connectivity index (χ3v) is 5.79. The number of nitrogens with zero attached hydrogens (tertiary/aromatic N) is 3. The molecule has 1 aromatic heterocycles. The Balaban J connectivity index is 1.51. The molecule has 0 radical (unpaired) electrons. The lowest BCUT2D eigenvalue weighted by Gasteiger charge is -2.16. The maximum atomic E-state index is 12.6. The van der Waals surface area contributed by atoms with Gasteiger partial charge in [0.2, 0.25) is 11.8 Å². The molecule has 3 aromatic rings. The molecule has 7 heteroatoms. The largest absolute Gasteiger partial charge is 0.352 e. The van der Waals surface area contributed by atoms with Crippen molar-refractivity contribution in [1.29, 1.82) is 0 Å². The lowest BCUT2D eigenvalue weighted by molar-refractivity contribution is -0.132. The molecule has 1 aliphatic rings. The molecule has 150 valence electrons. The number of fused-ring (bicyclic) bond motifs is 1. The van der Waals surface area contributed by atoms with Crippen LogP contribution in [0, 0.1) is 6.92 Å². The van der Waals surface area contributed by atoms with Gasteiger partial charge in [0.25, 0.3) is 0 Å². The van der Waals surface area contributed by atoms with E-state index in [1.165, 1.54) is 16.7 Å². The predicted molar refractivity (Wildman–Crippen MR) is 115 cm³/mol. The number of amides is 2. The van der Waals surface area contributed by atoms with Crippen molar-refractivity contribution in [3.05, 3.63) is 54.1 Å². The summed E-state index contributed by atoms with van der Waals surface area (Å²) in [7, 11) is 1.67. The standard InChI is InChI=1S/C22H24N4O2S/c1-15-6-5-7-17(12-15)26-19-9-4-3-8-18(19)24-22(26)29-14-21(28)25(2)13-20(27)23-16-10-11-16/h3-9,12,16H,10-11,13-14H2,1-2H3,(H,23,27). The summed E-state index contributed by atoms with van der Waals surface area (Å²) in [6.07, 6.45) is 2.07. The van der Waals surface area contributed by atoms with E-state index in [-0.39, 0.29) is 24.1 Å². The molecule has 1 N–H and O–H groups in total. The van der Waals surface area contributed by atoms with E-state index in [1.807, 2.05) is 36.4 Å². The van der Waals surface area contributed by atoms with Crippen molar-refractivity contribution in [3.63, 3.8) is 0 Å². The molecule has 1 fully saturated rings. The highest BCUT2D eigenvalue weighted by atomic mass is 32.2. The van der Waals surface area contributed by atoms with Crippen molar-refractivity contribution >= 4 is 34.6 Å². The summed E-state index contributed by atoms with van der Waals surface area (Å²) < 4.78 is 2.08. The highest BCUT2D eigenvalue weighted by Gasteiger charge is 2.24. The van der Waals surface area contributed by atoms with Gasteiger partial charge in [-0.3, -0.25) is 14.2 Å². The number of aromatic nitrogens is 2. The quantitative estimate of drug-likeness (QED) is 0.610. The average molecular weight is 409 g/mol. The number of nitrogens with one attached hydrogen (secondary N) is 1. The van der Waals surface area contributed by atoms with Gasteiger partial charge in [0, 0.05) is 18.8 Å². The van der Waals surface area contributed by atoms with Gasteiger partial charge in [0.15, 0.2) is 5.16 Å². The molecule has 0 spiro atoms. The smallest absolute Gasteiger partial charge is 0.239 e. The van der Waals surface area contributed by atoms with Crippen LogP contribution in [0.2, 0.25) is 0 Å². The van der Waals surface area contributed by atoms with Crippen molar-refractivity contribution < 1.29 is 9.59 Å². The van der Waals surface area contributed by atoms with E-state index in [2.05, 4.69) is 28.9 Å². The molecule has 0 aliphatic heterocycles. The third-order valence-electron chi connectivity index (χ3n) is 4.86. The van der Waals surface area contributed by atoms with Crippen LogP contribution in [0.4, 0.5) is 0 Å². The van der Waals surface area contributed by atoms with Crippen molar-refractivity contribution in [3.8, 4) is 5.69 Å². The van der Waals surface area contributed by atoms with Crippen LogP contribution in [-0.4, -0.2) is 51.7 Å². The number of carbonyl (C=O) groups is 2. The van der Waals surface area contributed by atoms with Crippen LogP contribution in [0.25, 0.3) is 16.7 Å². The van der Waals surface area contributed by atoms with Crippen LogP contribution in [0.15, 0.2) is 53.7 Å². The molecular weight excluding hydrogens is 384 g/mol. The zero-order valence-electron chi connectivity index (χ0n) is 16.6. The molecule has 1 aliphatic carbocycles. The first kappa shape index (κ1) is 19.5. The van der Waals surface area contributed by atoms with Gasteiger partial charge >= 0.3 is 0 Å². The van der Waals surface area contributed by atoms with Gasteiger partial charge in [-0.2, -0.15) is 0 Å². The van der Waals surface area contributed by atoms with Gasteiger partial charge < -0.3 is 10.2 Å². The predicted octanol–water partition coefficient (Wildman–Crippen LogP) is 3.16. The third kappa shape index (κ3) is 4.62. The van der Waals surface area contributed by atoms with E-state index in [0.717, 1.165) is 40.3 Å². The second-order valence-electron chi connectivity index (χ2n) is 7.44. The Morgan fingerprint density at radius 3 is 2.76 bits per heavy atom. The summed E-state index contributed by atoms with van der Waals surface area (Å²) in [5.74, 6) is 0.0339. The molecule has 29 heavy (non-hydrogen) atoms. The first-order chi connectivity index (χ1) is 14.0. The van der Waals surface area contributed by atoms with Crippen LogP contribution in [0.5, 0.6) is 0 Å². The van der Waals surface area contributed by atoms with E-state index >= 15 is 0 Å². The van der Waals surface area contributed by atoms with E-state index in [9.17, 15) is 9.59 Å². The molecule has 0 bridgehead atoms. The highest BCUT2D eigenvalue weighted by molar-refractivity contribution is 7.99. The monoisotopic (exact) mass is 408 g/mol. The number of imidazole rings is 1. The summed E-state index contributed by atoms with van der Waals surface area (Å²) >= 11 is 1.39. The maximum absolute atomic E-state index is 12.6. The summed E-state index contributed by atoms with van der Waals surface area (Å²) in [6.45, 7) is 2.14. The molecule has 0 unspecified atom stereocenters. The van der Waals surface area contributed by atoms with Gasteiger partial charge in [-0.1, -0.05) is 36.0 Å². The number of benzene rings is 2. The normalized spacial score (nSPS) is 13.4. The Hall–Kier alpha value is -2.80. The topological polar surface area (TPSA) is 67.2 Å². The van der Waals surface area contributed by atoms with Gasteiger partial charge in [-0.05, 0) is 49.6 Å². The van der Waals surface area contributed by atoms with Crippen molar-refractivity contribution in [2.75, 3.05) is 19.3 Å². The minimum Gasteiger partial charge on any atom is -0.352 e. The van der Waals surface area contributed by atoms with Gasteiger partial charge in [-0.25, -0.2) is 4.98 Å². The molecule has 2 amide bonds. The number of hydrogen-bond acceptors (Lipinski definition) is 4. The van der Waals surface area contributed by atoms with E-state index in [1.54, 1.807) is 7.05 Å². The molecule has 2 aromatic carbocycles. The Kier molecular flexibility index (Phi) is 5.58. The zero-order chi connectivity index (χ0) is 20.4. The molecular formula is C22H24N4O2S. The van der Waals surface area contributed by atoms with Crippen LogP contribution in [0.3, 0.4) is 0 Å². The lowest BCUT2D eigenvalue weighted by Crippen LogP contribution is -2.39. The van der Waals surface area contributed by atoms with Crippen molar-refractivity contribution in [1.82, 2.24) is 19.8 Å².